The van der Waals surface area contributed by atoms with Crippen LogP contribution in [0.1, 0.15) is 0 Å². The lowest BCUT2D eigenvalue weighted by molar-refractivity contribution is -0.128. The quantitative estimate of drug-likeness (QED) is 0.817. The molecule has 0 saturated carbocycles. The third kappa shape index (κ3) is 3.76. The van der Waals surface area contributed by atoms with E-state index in [-0.39, 0.29) is 10.8 Å². The highest BCUT2D eigenvalue weighted by molar-refractivity contribution is 7.90. The summed E-state index contributed by atoms with van der Waals surface area (Å²) in [6.45, 7) is 1.67. The van der Waals surface area contributed by atoms with Crippen molar-refractivity contribution in [1.29, 1.82) is 0 Å². The van der Waals surface area contributed by atoms with Gasteiger partial charge in [-0.1, -0.05) is 6.07 Å². The van der Waals surface area contributed by atoms with Crippen molar-refractivity contribution in [2.24, 2.45) is 0 Å². The number of hydrogen-bond donors (Lipinski definition) is 2. The minimum atomic E-state index is -3.28. The molecule has 1 unspecified atom stereocenters. The van der Waals surface area contributed by atoms with Crippen LogP contribution in [0.15, 0.2) is 29.2 Å². The van der Waals surface area contributed by atoms with E-state index in [1.807, 2.05) is 0 Å². The number of rotatable bonds is 3. The zero-order valence-corrected chi connectivity index (χ0v) is 11.4. The largest absolute Gasteiger partial charge is 0.366 e. The molecule has 1 saturated heterocycles. The Hall–Kier alpha value is -1.44. The van der Waals surface area contributed by atoms with Crippen LogP contribution in [0, 0.1) is 0 Å². The summed E-state index contributed by atoms with van der Waals surface area (Å²) in [5.74, 6) is -0.280. The Balaban J connectivity index is 2.08. The fourth-order valence-corrected chi connectivity index (χ4v) is 2.43. The van der Waals surface area contributed by atoms with Crippen molar-refractivity contribution in [3.05, 3.63) is 24.3 Å². The molecule has 1 amide bonds. The number of carbonyl (C=O) groups is 1. The highest BCUT2D eigenvalue weighted by Crippen LogP contribution is 2.15. The van der Waals surface area contributed by atoms with Gasteiger partial charge in [0.1, 0.15) is 6.10 Å². The third-order valence-corrected chi connectivity index (χ3v) is 3.86. The van der Waals surface area contributed by atoms with Crippen LogP contribution in [0.4, 0.5) is 5.69 Å². The Morgan fingerprint density at radius 1 is 1.47 bits per heavy atom. The van der Waals surface area contributed by atoms with Crippen molar-refractivity contribution in [3.63, 3.8) is 0 Å². The first-order valence-electron chi connectivity index (χ1n) is 5.90. The predicted molar refractivity (Wildman–Crippen MR) is 70.8 cm³/mol. The lowest BCUT2D eigenvalue weighted by Crippen LogP contribution is -2.45. The number of benzene rings is 1. The van der Waals surface area contributed by atoms with Gasteiger partial charge in [0.15, 0.2) is 9.84 Å². The monoisotopic (exact) mass is 284 g/mol. The Morgan fingerprint density at radius 2 is 2.26 bits per heavy atom. The molecule has 1 aromatic carbocycles. The SMILES string of the molecule is CS(=O)(=O)c1cccc(NC(=O)C2CNCCO2)c1. The maximum atomic E-state index is 11.9. The average molecular weight is 284 g/mol. The van der Waals surface area contributed by atoms with Crippen LogP contribution in [0.2, 0.25) is 0 Å². The van der Waals surface area contributed by atoms with Crippen LogP contribution in [-0.2, 0) is 19.4 Å². The van der Waals surface area contributed by atoms with E-state index in [9.17, 15) is 13.2 Å². The first-order chi connectivity index (χ1) is 8.97. The molecule has 0 aromatic heterocycles. The Labute approximate surface area is 112 Å². The van der Waals surface area contributed by atoms with Crippen LogP contribution < -0.4 is 10.6 Å². The fraction of sp³-hybridized carbons (Fsp3) is 0.417. The summed E-state index contributed by atoms with van der Waals surface area (Å²) in [5, 5.41) is 5.71. The summed E-state index contributed by atoms with van der Waals surface area (Å²) in [4.78, 5) is 12.1. The van der Waals surface area contributed by atoms with Gasteiger partial charge >= 0.3 is 0 Å². The number of carbonyl (C=O) groups excluding carboxylic acids is 1. The standard InChI is InChI=1S/C12H16N2O4S/c1-19(16,17)10-4-2-3-9(7-10)14-12(15)11-8-13-5-6-18-11/h2-4,7,11,13H,5-6,8H2,1H3,(H,14,15). The average Bonchev–Trinajstić information content (AvgIpc) is 2.39. The lowest BCUT2D eigenvalue weighted by Gasteiger charge is -2.22. The molecule has 1 fully saturated rings. The van der Waals surface area contributed by atoms with E-state index >= 15 is 0 Å². The van der Waals surface area contributed by atoms with Gasteiger partial charge < -0.3 is 15.4 Å². The second-order valence-electron chi connectivity index (χ2n) is 4.35. The first-order valence-corrected chi connectivity index (χ1v) is 7.79. The zero-order chi connectivity index (χ0) is 13.9. The van der Waals surface area contributed by atoms with Crippen LogP contribution in [0.5, 0.6) is 0 Å². The normalized spacial score (nSPS) is 19.9. The van der Waals surface area contributed by atoms with Gasteiger partial charge in [-0.3, -0.25) is 4.79 Å². The third-order valence-electron chi connectivity index (χ3n) is 2.75. The smallest absolute Gasteiger partial charge is 0.254 e. The van der Waals surface area contributed by atoms with E-state index in [2.05, 4.69) is 10.6 Å². The molecule has 6 nitrogen and oxygen atoms in total. The topological polar surface area (TPSA) is 84.5 Å². The van der Waals surface area contributed by atoms with Crippen molar-refractivity contribution in [2.45, 2.75) is 11.0 Å². The van der Waals surface area contributed by atoms with Crippen molar-refractivity contribution >= 4 is 21.4 Å². The number of nitrogens with one attached hydrogen (secondary N) is 2. The minimum absolute atomic E-state index is 0.174. The molecule has 2 N–H and O–H groups in total. The molecule has 1 aliphatic heterocycles. The highest BCUT2D eigenvalue weighted by atomic mass is 32.2. The predicted octanol–water partition coefficient (Wildman–Crippen LogP) is 0.0170. The molecule has 0 aliphatic carbocycles. The Kier molecular flexibility index (Phi) is 4.18. The van der Waals surface area contributed by atoms with Gasteiger partial charge in [-0.15, -0.1) is 0 Å². The summed E-state index contributed by atoms with van der Waals surface area (Å²) < 4.78 is 28.2. The Morgan fingerprint density at radius 3 is 2.89 bits per heavy atom. The van der Waals surface area contributed by atoms with Crippen LogP contribution in [0.25, 0.3) is 0 Å². The van der Waals surface area contributed by atoms with E-state index in [1.165, 1.54) is 12.1 Å². The summed E-state index contributed by atoms with van der Waals surface area (Å²) >= 11 is 0. The number of hydrogen-bond acceptors (Lipinski definition) is 5. The van der Waals surface area contributed by atoms with Gasteiger partial charge in [0.2, 0.25) is 0 Å². The van der Waals surface area contributed by atoms with Gasteiger partial charge in [0.25, 0.3) is 5.91 Å². The molecule has 2 rings (SSSR count). The number of sulfone groups is 1. The molecule has 1 aliphatic rings. The second-order valence-corrected chi connectivity index (χ2v) is 6.37. The molecule has 1 atom stereocenters. The first kappa shape index (κ1) is 14.0. The molecular formula is C12H16N2O4S. The van der Waals surface area contributed by atoms with E-state index in [1.54, 1.807) is 12.1 Å². The van der Waals surface area contributed by atoms with Crippen LogP contribution >= 0.6 is 0 Å². The summed E-state index contributed by atoms with van der Waals surface area (Å²) in [5.41, 5.74) is 0.446. The van der Waals surface area contributed by atoms with Crippen LogP contribution in [-0.4, -0.2) is 46.4 Å². The van der Waals surface area contributed by atoms with Gasteiger partial charge in [0, 0.05) is 25.0 Å². The number of anilines is 1. The molecule has 1 heterocycles. The fourth-order valence-electron chi connectivity index (χ4n) is 1.76. The summed E-state index contributed by atoms with van der Waals surface area (Å²) in [6, 6.07) is 6.15. The van der Waals surface area contributed by atoms with Gasteiger partial charge in [-0.25, -0.2) is 8.42 Å². The molecule has 0 spiro atoms. The summed E-state index contributed by atoms with van der Waals surface area (Å²) in [7, 11) is -3.28. The van der Waals surface area contributed by atoms with Crippen molar-refractivity contribution in [3.8, 4) is 0 Å². The van der Waals surface area contributed by atoms with Gasteiger partial charge in [-0.2, -0.15) is 0 Å². The van der Waals surface area contributed by atoms with E-state index in [4.69, 9.17) is 4.74 Å². The molecule has 104 valence electrons. The van der Waals surface area contributed by atoms with E-state index in [0.29, 0.717) is 18.8 Å². The van der Waals surface area contributed by atoms with Crippen molar-refractivity contribution < 1.29 is 17.9 Å². The number of ether oxygens (including phenoxy) is 1. The minimum Gasteiger partial charge on any atom is -0.366 e. The number of amides is 1. The van der Waals surface area contributed by atoms with Crippen molar-refractivity contribution in [1.82, 2.24) is 5.32 Å². The highest BCUT2D eigenvalue weighted by Gasteiger charge is 2.21. The maximum absolute atomic E-state index is 11.9. The van der Waals surface area contributed by atoms with Gasteiger partial charge in [0.05, 0.1) is 11.5 Å². The molecule has 7 heteroatoms. The van der Waals surface area contributed by atoms with Crippen molar-refractivity contribution in [2.75, 3.05) is 31.3 Å². The zero-order valence-electron chi connectivity index (χ0n) is 10.5. The molecule has 19 heavy (non-hydrogen) atoms. The molecule has 0 bridgehead atoms. The molecule has 0 radical (unpaired) electrons. The number of morpholine rings is 1. The Bertz CT molecular complexity index is 565. The molecular weight excluding hydrogens is 268 g/mol. The van der Waals surface area contributed by atoms with E-state index in [0.717, 1.165) is 12.8 Å². The summed E-state index contributed by atoms with van der Waals surface area (Å²) in [6.07, 6.45) is 0.581. The van der Waals surface area contributed by atoms with Gasteiger partial charge in [-0.05, 0) is 18.2 Å². The molecule has 1 aromatic rings. The second kappa shape index (κ2) is 5.68. The van der Waals surface area contributed by atoms with Crippen LogP contribution in [0.3, 0.4) is 0 Å². The maximum Gasteiger partial charge on any atom is 0.254 e. The lowest BCUT2D eigenvalue weighted by atomic mass is 10.2. The van der Waals surface area contributed by atoms with E-state index < -0.39 is 15.9 Å².